The Balaban J connectivity index is 2.50. The fraction of sp³-hybridized carbons (Fsp3) is 0.211. The van der Waals surface area contributed by atoms with Gasteiger partial charge in [0.2, 0.25) is 5.91 Å². The van der Waals surface area contributed by atoms with Crippen molar-refractivity contribution < 1.29 is 4.79 Å². The van der Waals surface area contributed by atoms with E-state index < -0.39 is 0 Å². The second-order valence-electron chi connectivity index (χ2n) is 5.51. The number of carbonyl (C=O) groups excluding carboxylic acids is 1. The number of nitrogens with zero attached hydrogens (tertiary/aromatic N) is 1. The van der Waals surface area contributed by atoms with Gasteiger partial charge in [-0.15, -0.1) is 0 Å². The summed E-state index contributed by atoms with van der Waals surface area (Å²) in [5.74, 6) is 0.00426. The van der Waals surface area contributed by atoms with Crippen LogP contribution < -0.4 is 0 Å². The summed E-state index contributed by atoms with van der Waals surface area (Å²) in [7, 11) is 1.85. The van der Waals surface area contributed by atoms with Crippen LogP contribution in [0.5, 0.6) is 0 Å². The quantitative estimate of drug-likeness (QED) is 0.707. The van der Waals surface area contributed by atoms with Gasteiger partial charge < -0.3 is 4.90 Å². The Hall–Kier alpha value is -1.87. The van der Waals surface area contributed by atoms with Gasteiger partial charge in [0.05, 0.1) is 6.04 Å². The Labute approximate surface area is 140 Å². The lowest BCUT2D eigenvalue weighted by Gasteiger charge is -2.29. The van der Waals surface area contributed by atoms with Crippen molar-refractivity contribution in [2.45, 2.75) is 19.9 Å². The molecule has 3 heteroatoms. The van der Waals surface area contributed by atoms with E-state index in [1.54, 1.807) is 11.0 Å². The van der Waals surface area contributed by atoms with E-state index in [1.165, 1.54) is 0 Å². The lowest BCUT2D eigenvalue weighted by atomic mass is 9.97. The van der Waals surface area contributed by atoms with Crippen molar-refractivity contribution in [1.29, 1.82) is 0 Å². The van der Waals surface area contributed by atoms with Crippen LogP contribution in [-0.2, 0) is 4.79 Å². The number of amides is 1. The highest BCUT2D eigenvalue weighted by Gasteiger charge is 2.23. The maximum atomic E-state index is 12.5. The van der Waals surface area contributed by atoms with Crippen LogP contribution in [0, 0.1) is 0 Å². The average Bonchev–Trinajstić information content (AvgIpc) is 2.49. The van der Waals surface area contributed by atoms with Crippen LogP contribution in [0.2, 0.25) is 0 Å². The number of allylic oxidation sites excluding steroid dienone is 1. The van der Waals surface area contributed by atoms with Crippen molar-refractivity contribution in [1.82, 2.24) is 4.90 Å². The van der Waals surface area contributed by atoms with Crippen molar-refractivity contribution in [2.75, 3.05) is 7.05 Å². The molecule has 2 aromatic carbocycles. The molecule has 0 bridgehead atoms. The summed E-state index contributed by atoms with van der Waals surface area (Å²) in [6, 6.07) is 18.0. The van der Waals surface area contributed by atoms with Gasteiger partial charge in [-0.2, -0.15) is 0 Å². The molecule has 0 aliphatic heterocycles. The molecule has 0 fully saturated rings. The third kappa shape index (κ3) is 3.86. The Morgan fingerprint density at radius 3 is 2.23 bits per heavy atom. The normalized spacial score (nSPS) is 11.6. The molecule has 0 N–H and O–H groups in total. The van der Waals surface area contributed by atoms with Crippen molar-refractivity contribution >= 4 is 21.8 Å². The summed E-state index contributed by atoms with van der Waals surface area (Å²) in [6.07, 6.45) is 1.67. The second kappa shape index (κ2) is 7.41. The summed E-state index contributed by atoms with van der Waals surface area (Å²) in [4.78, 5) is 14.3. The van der Waals surface area contributed by atoms with Gasteiger partial charge in [-0.05, 0) is 31.0 Å². The highest BCUT2D eigenvalue weighted by molar-refractivity contribution is 9.10. The first-order valence-electron chi connectivity index (χ1n) is 7.21. The Bertz CT molecular complexity index is 675. The molecule has 0 saturated carbocycles. The molecule has 0 spiro atoms. The smallest absolute Gasteiger partial charge is 0.247 e. The van der Waals surface area contributed by atoms with Crippen molar-refractivity contribution in [3.63, 3.8) is 0 Å². The van der Waals surface area contributed by atoms with E-state index in [2.05, 4.69) is 28.1 Å². The van der Waals surface area contributed by atoms with Crippen LogP contribution in [0.15, 0.2) is 70.7 Å². The molecule has 2 aromatic rings. The number of rotatable bonds is 4. The number of benzene rings is 2. The lowest BCUT2D eigenvalue weighted by Crippen LogP contribution is -2.31. The molecule has 0 heterocycles. The van der Waals surface area contributed by atoms with Gasteiger partial charge in [-0.1, -0.05) is 70.0 Å². The molecule has 1 atom stereocenters. The third-order valence-electron chi connectivity index (χ3n) is 3.46. The van der Waals surface area contributed by atoms with Gasteiger partial charge in [-0.3, -0.25) is 4.79 Å². The van der Waals surface area contributed by atoms with Crippen LogP contribution in [-0.4, -0.2) is 17.9 Å². The zero-order valence-corrected chi connectivity index (χ0v) is 14.7. The van der Waals surface area contributed by atoms with Crippen LogP contribution >= 0.6 is 15.9 Å². The van der Waals surface area contributed by atoms with Crippen molar-refractivity contribution in [3.05, 3.63) is 81.8 Å². The molecular formula is C19H20BrNO. The van der Waals surface area contributed by atoms with E-state index in [1.807, 2.05) is 63.4 Å². The molecule has 0 aromatic heterocycles. The minimum atomic E-state index is -0.125. The molecule has 1 unspecified atom stereocenters. The summed E-state index contributed by atoms with van der Waals surface area (Å²) >= 11 is 3.61. The van der Waals surface area contributed by atoms with E-state index >= 15 is 0 Å². The van der Waals surface area contributed by atoms with E-state index in [4.69, 9.17) is 0 Å². The number of halogens is 1. The fourth-order valence-corrected chi connectivity index (χ4v) is 2.92. The molecule has 0 aliphatic rings. The monoisotopic (exact) mass is 357 g/mol. The number of hydrogen-bond donors (Lipinski definition) is 0. The van der Waals surface area contributed by atoms with Crippen LogP contribution in [0.25, 0.3) is 0 Å². The molecule has 0 radical (unpaired) electrons. The Kier molecular flexibility index (Phi) is 5.56. The fourth-order valence-electron chi connectivity index (χ4n) is 2.42. The van der Waals surface area contributed by atoms with Gasteiger partial charge in [0.15, 0.2) is 0 Å². The number of carbonyl (C=O) groups is 1. The van der Waals surface area contributed by atoms with Crippen molar-refractivity contribution in [2.24, 2.45) is 0 Å². The van der Waals surface area contributed by atoms with Crippen molar-refractivity contribution in [3.8, 4) is 0 Å². The molecule has 2 rings (SSSR count). The van der Waals surface area contributed by atoms with E-state index in [9.17, 15) is 4.79 Å². The standard InChI is InChI=1S/C19H20BrNO/c1-14(2)13-18(22)21(3)19(15-9-5-4-6-10-15)16-11-7-8-12-17(16)20/h4-13,19H,1-3H3. The summed E-state index contributed by atoms with van der Waals surface area (Å²) < 4.78 is 1.00. The molecule has 0 saturated heterocycles. The zero-order chi connectivity index (χ0) is 16.1. The number of likely N-dealkylation sites (N-methyl/N-ethyl adjacent to an activating group) is 1. The summed E-state index contributed by atoms with van der Waals surface area (Å²) in [5, 5.41) is 0. The lowest BCUT2D eigenvalue weighted by molar-refractivity contribution is -0.126. The van der Waals surface area contributed by atoms with Gasteiger partial charge in [0.25, 0.3) is 0 Å². The van der Waals surface area contributed by atoms with E-state index in [-0.39, 0.29) is 11.9 Å². The van der Waals surface area contributed by atoms with Gasteiger partial charge in [0, 0.05) is 17.6 Å². The first-order valence-corrected chi connectivity index (χ1v) is 8.01. The van der Waals surface area contributed by atoms with Gasteiger partial charge >= 0.3 is 0 Å². The minimum Gasteiger partial charge on any atom is -0.331 e. The predicted octanol–water partition coefficient (Wildman–Crippen LogP) is 4.96. The first-order chi connectivity index (χ1) is 10.5. The highest BCUT2D eigenvalue weighted by Crippen LogP contribution is 2.32. The van der Waals surface area contributed by atoms with Gasteiger partial charge in [0.1, 0.15) is 0 Å². The Morgan fingerprint density at radius 2 is 1.64 bits per heavy atom. The molecule has 2 nitrogen and oxygen atoms in total. The molecule has 114 valence electrons. The van der Waals surface area contributed by atoms with Crippen LogP contribution in [0.3, 0.4) is 0 Å². The average molecular weight is 358 g/mol. The maximum Gasteiger partial charge on any atom is 0.247 e. The Morgan fingerprint density at radius 1 is 1.05 bits per heavy atom. The molecule has 1 amide bonds. The van der Waals surface area contributed by atoms with Gasteiger partial charge in [-0.25, -0.2) is 0 Å². The minimum absolute atomic E-state index is 0.00426. The molecular weight excluding hydrogens is 338 g/mol. The second-order valence-corrected chi connectivity index (χ2v) is 6.36. The zero-order valence-electron chi connectivity index (χ0n) is 13.1. The molecule has 22 heavy (non-hydrogen) atoms. The highest BCUT2D eigenvalue weighted by atomic mass is 79.9. The predicted molar refractivity (Wildman–Crippen MR) is 94.6 cm³/mol. The van der Waals surface area contributed by atoms with Crippen LogP contribution in [0.4, 0.5) is 0 Å². The maximum absolute atomic E-state index is 12.5. The van der Waals surface area contributed by atoms with E-state index in [0.717, 1.165) is 21.2 Å². The molecule has 0 aliphatic carbocycles. The van der Waals surface area contributed by atoms with E-state index in [0.29, 0.717) is 0 Å². The van der Waals surface area contributed by atoms with Crippen LogP contribution in [0.1, 0.15) is 31.0 Å². The first kappa shape index (κ1) is 16.5. The summed E-state index contributed by atoms with van der Waals surface area (Å²) in [6.45, 7) is 3.86. The topological polar surface area (TPSA) is 20.3 Å². The SMILES string of the molecule is CC(C)=CC(=O)N(C)C(c1ccccc1)c1ccccc1Br. The summed E-state index contributed by atoms with van der Waals surface area (Å²) in [5.41, 5.74) is 3.16. The third-order valence-corrected chi connectivity index (χ3v) is 4.18. The largest absolute Gasteiger partial charge is 0.331 e. The number of hydrogen-bond acceptors (Lipinski definition) is 1.